The summed E-state index contributed by atoms with van der Waals surface area (Å²) < 4.78 is 0. The van der Waals surface area contributed by atoms with E-state index >= 15 is 0 Å². The summed E-state index contributed by atoms with van der Waals surface area (Å²) in [5.41, 5.74) is 4.72. The average Bonchev–Trinajstić information content (AvgIpc) is 2.97. The highest BCUT2D eigenvalue weighted by atomic mass is 15.0. The first-order chi connectivity index (χ1) is 8.74. The lowest BCUT2D eigenvalue weighted by Gasteiger charge is -2.05. The number of H-pyrrole nitrogens is 1. The van der Waals surface area contributed by atoms with Crippen LogP contribution in [0, 0.1) is 13.8 Å². The van der Waals surface area contributed by atoms with Gasteiger partial charge in [0.25, 0.3) is 0 Å². The first-order valence-electron chi connectivity index (χ1n) is 6.61. The summed E-state index contributed by atoms with van der Waals surface area (Å²) in [6, 6.07) is 8.93. The number of imidazole rings is 1. The Morgan fingerprint density at radius 1 is 1.28 bits per heavy atom. The first kappa shape index (κ1) is 11.5. The molecule has 0 amide bonds. The normalized spacial score (nSPS) is 19.3. The molecule has 1 atom stereocenters. The molecule has 1 saturated heterocycles. The summed E-state index contributed by atoms with van der Waals surface area (Å²) >= 11 is 0. The topological polar surface area (TPSA) is 40.7 Å². The molecule has 1 fully saturated rings. The highest BCUT2D eigenvalue weighted by Crippen LogP contribution is 2.27. The maximum absolute atomic E-state index is 4.79. The van der Waals surface area contributed by atoms with Crippen LogP contribution in [0.2, 0.25) is 0 Å². The van der Waals surface area contributed by atoms with E-state index in [1.165, 1.54) is 24.0 Å². The van der Waals surface area contributed by atoms with Crippen LogP contribution in [0.1, 0.15) is 36.0 Å². The molecule has 1 aliphatic rings. The van der Waals surface area contributed by atoms with Crippen molar-refractivity contribution in [3.05, 3.63) is 41.3 Å². The number of hydrogen-bond donors (Lipinski definition) is 2. The lowest BCUT2D eigenvalue weighted by molar-refractivity contribution is 0.612. The van der Waals surface area contributed by atoms with Gasteiger partial charge in [-0.3, -0.25) is 0 Å². The van der Waals surface area contributed by atoms with Crippen LogP contribution in [0.3, 0.4) is 0 Å². The van der Waals surface area contributed by atoms with Gasteiger partial charge in [-0.1, -0.05) is 23.8 Å². The van der Waals surface area contributed by atoms with E-state index in [9.17, 15) is 0 Å². The minimum absolute atomic E-state index is 0.405. The van der Waals surface area contributed by atoms with Gasteiger partial charge in [-0.05, 0) is 39.3 Å². The van der Waals surface area contributed by atoms with Crippen LogP contribution >= 0.6 is 0 Å². The number of hydrogen-bond acceptors (Lipinski definition) is 2. The number of rotatable bonds is 2. The number of aromatic amines is 1. The molecular weight excluding hydrogens is 222 g/mol. The summed E-state index contributed by atoms with van der Waals surface area (Å²) in [5, 5.41) is 3.48. The Morgan fingerprint density at radius 3 is 2.89 bits per heavy atom. The Balaban J connectivity index is 1.97. The Bertz CT molecular complexity index is 551. The predicted molar refractivity (Wildman–Crippen MR) is 73.5 cm³/mol. The van der Waals surface area contributed by atoms with Crippen molar-refractivity contribution in [2.45, 2.75) is 32.7 Å². The number of benzene rings is 1. The maximum atomic E-state index is 4.79. The summed E-state index contributed by atoms with van der Waals surface area (Å²) in [6.07, 6.45) is 2.42. The van der Waals surface area contributed by atoms with Gasteiger partial charge >= 0.3 is 0 Å². The monoisotopic (exact) mass is 241 g/mol. The Morgan fingerprint density at radius 2 is 2.17 bits per heavy atom. The fraction of sp³-hybridized carbons (Fsp3) is 0.400. The van der Waals surface area contributed by atoms with Gasteiger partial charge in [0.15, 0.2) is 0 Å². The van der Waals surface area contributed by atoms with Crippen molar-refractivity contribution < 1.29 is 0 Å². The third kappa shape index (κ3) is 2.06. The molecule has 1 aromatic carbocycles. The van der Waals surface area contributed by atoms with E-state index in [1.54, 1.807) is 0 Å². The van der Waals surface area contributed by atoms with Crippen molar-refractivity contribution in [1.29, 1.82) is 0 Å². The molecule has 1 aliphatic heterocycles. The van der Waals surface area contributed by atoms with Crippen molar-refractivity contribution in [2.24, 2.45) is 0 Å². The van der Waals surface area contributed by atoms with E-state index in [2.05, 4.69) is 48.4 Å². The minimum atomic E-state index is 0.405. The minimum Gasteiger partial charge on any atom is -0.344 e. The van der Waals surface area contributed by atoms with Crippen LogP contribution in [0.15, 0.2) is 24.3 Å². The van der Waals surface area contributed by atoms with Gasteiger partial charge in [0.05, 0.1) is 11.7 Å². The van der Waals surface area contributed by atoms with Crippen molar-refractivity contribution in [3.63, 3.8) is 0 Å². The van der Waals surface area contributed by atoms with Crippen molar-refractivity contribution >= 4 is 0 Å². The van der Waals surface area contributed by atoms with Gasteiger partial charge in [0.2, 0.25) is 0 Å². The molecule has 94 valence electrons. The zero-order valence-electron chi connectivity index (χ0n) is 11.0. The Labute approximate surface area is 108 Å². The second kappa shape index (κ2) is 4.58. The van der Waals surface area contributed by atoms with Gasteiger partial charge in [0.1, 0.15) is 5.82 Å². The van der Waals surface area contributed by atoms with Gasteiger partial charge in [-0.15, -0.1) is 0 Å². The molecule has 3 nitrogen and oxygen atoms in total. The summed E-state index contributed by atoms with van der Waals surface area (Å²) in [6.45, 7) is 5.32. The SMILES string of the molecule is Cc1cccc(-c2nc(C3CCCN3)[nH]c2C)c1. The Hall–Kier alpha value is -1.61. The molecule has 0 radical (unpaired) electrons. The van der Waals surface area contributed by atoms with E-state index in [0.717, 1.165) is 23.8 Å². The molecule has 1 aromatic heterocycles. The Kier molecular flexibility index (Phi) is 2.92. The fourth-order valence-corrected chi connectivity index (χ4v) is 2.64. The number of nitrogens with one attached hydrogen (secondary N) is 2. The van der Waals surface area contributed by atoms with Crippen LogP contribution in [-0.2, 0) is 0 Å². The lowest BCUT2D eigenvalue weighted by Crippen LogP contribution is -2.14. The molecule has 1 unspecified atom stereocenters. The summed E-state index contributed by atoms with van der Waals surface area (Å²) in [4.78, 5) is 8.22. The van der Waals surface area contributed by atoms with Crippen LogP contribution in [0.4, 0.5) is 0 Å². The summed E-state index contributed by atoms with van der Waals surface area (Å²) in [7, 11) is 0. The molecule has 0 aliphatic carbocycles. The quantitative estimate of drug-likeness (QED) is 0.848. The smallest absolute Gasteiger partial charge is 0.124 e. The predicted octanol–water partition coefficient (Wildman–Crippen LogP) is 3.12. The van der Waals surface area contributed by atoms with Crippen molar-refractivity contribution in [1.82, 2.24) is 15.3 Å². The average molecular weight is 241 g/mol. The molecule has 3 heteroatoms. The van der Waals surface area contributed by atoms with Gasteiger partial charge in [0, 0.05) is 11.3 Å². The van der Waals surface area contributed by atoms with E-state index in [-0.39, 0.29) is 0 Å². The summed E-state index contributed by atoms with van der Waals surface area (Å²) in [5.74, 6) is 1.08. The molecule has 18 heavy (non-hydrogen) atoms. The van der Waals surface area contributed by atoms with Crippen LogP contribution in [0.25, 0.3) is 11.3 Å². The van der Waals surface area contributed by atoms with Crippen LogP contribution < -0.4 is 5.32 Å². The number of aryl methyl sites for hydroxylation is 2. The van der Waals surface area contributed by atoms with Gasteiger partial charge in [-0.2, -0.15) is 0 Å². The zero-order chi connectivity index (χ0) is 12.5. The van der Waals surface area contributed by atoms with Crippen LogP contribution in [-0.4, -0.2) is 16.5 Å². The molecule has 2 heterocycles. The molecular formula is C15H19N3. The van der Waals surface area contributed by atoms with E-state index in [0.29, 0.717) is 6.04 Å². The van der Waals surface area contributed by atoms with E-state index < -0.39 is 0 Å². The highest BCUT2D eigenvalue weighted by Gasteiger charge is 2.20. The molecule has 0 spiro atoms. The molecule has 2 aromatic rings. The van der Waals surface area contributed by atoms with Gasteiger partial charge in [-0.25, -0.2) is 4.98 Å². The third-order valence-corrected chi connectivity index (χ3v) is 3.58. The molecule has 0 bridgehead atoms. The second-order valence-electron chi connectivity index (χ2n) is 5.11. The van der Waals surface area contributed by atoms with Crippen molar-refractivity contribution in [2.75, 3.05) is 6.54 Å². The largest absolute Gasteiger partial charge is 0.344 e. The highest BCUT2D eigenvalue weighted by molar-refractivity contribution is 5.62. The van der Waals surface area contributed by atoms with Gasteiger partial charge < -0.3 is 10.3 Å². The molecule has 2 N–H and O–H groups in total. The lowest BCUT2D eigenvalue weighted by atomic mass is 10.1. The van der Waals surface area contributed by atoms with E-state index in [4.69, 9.17) is 4.98 Å². The third-order valence-electron chi connectivity index (χ3n) is 3.58. The number of nitrogens with zero attached hydrogens (tertiary/aromatic N) is 1. The first-order valence-corrected chi connectivity index (χ1v) is 6.61. The van der Waals surface area contributed by atoms with Crippen molar-refractivity contribution in [3.8, 4) is 11.3 Å². The maximum Gasteiger partial charge on any atom is 0.124 e. The number of aromatic nitrogens is 2. The van der Waals surface area contributed by atoms with E-state index in [1.807, 2.05) is 0 Å². The molecule has 3 rings (SSSR count). The second-order valence-corrected chi connectivity index (χ2v) is 5.11. The molecule has 0 saturated carbocycles. The fourth-order valence-electron chi connectivity index (χ4n) is 2.64. The standard InChI is InChI=1S/C15H19N3/c1-10-5-3-6-12(9-10)14-11(2)17-15(18-14)13-7-4-8-16-13/h3,5-6,9,13,16H,4,7-8H2,1-2H3,(H,17,18). The van der Waals surface area contributed by atoms with Crippen LogP contribution in [0.5, 0.6) is 0 Å². The zero-order valence-corrected chi connectivity index (χ0v) is 11.0.